The summed E-state index contributed by atoms with van der Waals surface area (Å²) in [5, 5.41) is 0. The molecule has 0 saturated carbocycles. The van der Waals surface area contributed by atoms with E-state index < -0.39 is 15.2 Å². The van der Waals surface area contributed by atoms with E-state index in [1.165, 1.54) is 13.2 Å². The molecule has 0 amide bonds. The zero-order valence-electron chi connectivity index (χ0n) is 7.42. The van der Waals surface area contributed by atoms with Crippen molar-refractivity contribution in [2.45, 2.75) is 10.7 Å². The molecule has 82 valence electrons. The molecule has 0 aliphatic rings. The van der Waals surface area contributed by atoms with E-state index in [0.717, 1.165) is 6.07 Å². The monoisotopic (exact) mass is 270 g/mol. The van der Waals surface area contributed by atoms with E-state index in [4.69, 9.17) is 39.2 Å². The molecule has 0 spiro atoms. The number of carbonyl (C=O) groups is 1. The van der Waals surface area contributed by atoms with Crippen LogP contribution in [0.3, 0.4) is 0 Å². The fourth-order valence-electron chi connectivity index (χ4n) is 0.773. The summed E-state index contributed by atoms with van der Waals surface area (Å²) in [4.78, 5) is 22.4. The summed E-state index contributed by atoms with van der Waals surface area (Å²) in [6, 6.07) is 1.09. The molecule has 1 heterocycles. The van der Waals surface area contributed by atoms with Crippen LogP contribution in [0.25, 0.3) is 0 Å². The Morgan fingerprint density at radius 2 is 2.07 bits per heavy atom. The number of halogens is 3. The number of carbonyl (C=O) groups excluding carboxylic acids is 1. The molecule has 0 atom stereocenters. The number of ether oxygens (including phenoxy) is 1. The van der Waals surface area contributed by atoms with Crippen LogP contribution in [0.1, 0.15) is 5.76 Å². The van der Waals surface area contributed by atoms with Gasteiger partial charge < -0.3 is 9.15 Å². The van der Waals surface area contributed by atoms with Crippen LogP contribution in [0.4, 0.5) is 0 Å². The lowest BCUT2D eigenvalue weighted by Crippen LogP contribution is -2.27. The molecule has 1 aromatic rings. The summed E-state index contributed by atoms with van der Waals surface area (Å²) in [5.74, 6) is -1.31. The Kier molecular flexibility index (Phi) is 3.65. The third kappa shape index (κ3) is 3.12. The minimum absolute atomic E-state index is 0.130. The van der Waals surface area contributed by atoms with Gasteiger partial charge in [0.15, 0.2) is 0 Å². The van der Waals surface area contributed by atoms with Crippen molar-refractivity contribution in [1.82, 2.24) is 0 Å². The molecule has 0 fully saturated rings. The van der Waals surface area contributed by atoms with Crippen molar-refractivity contribution in [3.63, 3.8) is 0 Å². The van der Waals surface area contributed by atoms with Crippen molar-refractivity contribution >= 4 is 40.8 Å². The molecule has 1 rings (SSSR count). The number of hydrogen-bond donors (Lipinski definition) is 0. The van der Waals surface area contributed by atoms with E-state index in [2.05, 4.69) is 4.74 Å². The van der Waals surface area contributed by atoms with Gasteiger partial charge in [0.05, 0.1) is 6.26 Å². The Morgan fingerprint density at radius 1 is 1.47 bits per heavy atom. The Balaban J connectivity index is 3.01. The average Bonchev–Trinajstić information content (AvgIpc) is 2.09. The van der Waals surface area contributed by atoms with Gasteiger partial charge in [-0.3, -0.25) is 4.79 Å². The Morgan fingerprint density at radius 3 is 2.53 bits per heavy atom. The molecule has 0 aromatic carbocycles. The molecule has 0 radical (unpaired) electrons. The first kappa shape index (κ1) is 12.4. The van der Waals surface area contributed by atoms with Crippen LogP contribution in [0.15, 0.2) is 21.5 Å². The molecule has 7 heteroatoms. The second-order valence-electron chi connectivity index (χ2n) is 2.56. The van der Waals surface area contributed by atoms with Crippen molar-refractivity contribution in [3.05, 3.63) is 28.3 Å². The molecule has 0 saturated heterocycles. The van der Waals surface area contributed by atoms with E-state index in [-0.39, 0.29) is 11.5 Å². The molecule has 0 bridgehead atoms. The Labute approximate surface area is 99.7 Å². The van der Waals surface area contributed by atoms with Crippen molar-refractivity contribution in [2.24, 2.45) is 0 Å². The van der Waals surface area contributed by atoms with Crippen LogP contribution < -0.4 is 10.2 Å². The zero-order valence-corrected chi connectivity index (χ0v) is 9.69. The van der Waals surface area contributed by atoms with Gasteiger partial charge >= 0.3 is 5.97 Å². The van der Waals surface area contributed by atoms with Gasteiger partial charge in [0, 0.05) is 6.07 Å². The first-order valence-electron chi connectivity index (χ1n) is 3.70. The lowest BCUT2D eigenvalue weighted by molar-refractivity contribution is -0.133. The number of hydrogen-bond acceptors (Lipinski definition) is 4. The van der Waals surface area contributed by atoms with Gasteiger partial charge in [0.25, 0.3) is 3.79 Å². The highest BCUT2D eigenvalue weighted by Crippen LogP contribution is 2.28. The van der Waals surface area contributed by atoms with Gasteiger partial charge in [-0.2, -0.15) is 0 Å². The fourth-order valence-corrected chi connectivity index (χ4v) is 0.889. The smallest absolute Gasteiger partial charge is 0.364 e. The van der Waals surface area contributed by atoms with Crippen LogP contribution in [0.2, 0.25) is 0 Å². The van der Waals surface area contributed by atoms with Crippen LogP contribution >= 0.6 is 34.8 Å². The van der Waals surface area contributed by atoms with Gasteiger partial charge in [-0.1, -0.05) is 34.8 Å². The SMILES string of the molecule is Cc1occc(=O)c1OC(=O)C(Cl)(Cl)Cl. The van der Waals surface area contributed by atoms with Crippen molar-refractivity contribution in [3.8, 4) is 5.75 Å². The van der Waals surface area contributed by atoms with Crippen LogP contribution in [-0.4, -0.2) is 9.76 Å². The van der Waals surface area contributed by atoms with E-state index in [0.29, 0.717) is 0 Å². The first-order chi connectivity index (χ1) is 6.82. The van der Waals surface area contributed by atoms with E-state index in [1.807, 2.05) is 0 Å². The number of alkyl halides is 3. The lowest BCUT2D eigenvalue weighted by atomic mass is 10.4. The lowest BCUT2D eigenvalue weighted by Gasteiger charge is -2.10. The highest BCUT2D eigenvalue weighted by Gasteiger charge is 2.34. The first-order valence-corrected chi connectivity index (χ1v) is 4.83. The maximum absolute atomic E-state index is 11.2. The van der Waals surface area contributed by atoms with Crippen LogP contribution in [-0.2, 0) is 4.79 Å². The molecule has 1 aromatic heterocycles. The van der Waals surface area contributed by atoms with E-state index in [1.54, 1.807) is 0 Å². The number of rotatable bonds is 1. The van der Waals surface area contributed by atoms with Gasteiger partial charge in [-0.15, -0.1) is 0 Å². The standard InChI is InChI=1S/C8H5Cl3O4/c1-4-6(5(12)2-3-14-4)15-7(13)8(9,10)11/h2-3H,1H3. The Bertz CT molecular complexity index is 432. The second kappa shape index (κ2) is 4.43. The minimum atomic E-state index is -2.23. The molecule has 0 N–H and O–H groups in total. The maximum Gasteiger partial charge on any atom is 0.364 e. The molecular formula is C8H5Cl3O4. The second-order valence-corrected chi connectivity index (χ2v) is 4.84. The highest BCUT2D eigenvalue weighted by atomic mass is 35.6. The average molecular weight is 271 g/mol. The van der Waals surface area contributed by atoms with Crippen molar-refractivity contribution in [2.75, 3.05) is 0 Å². The summed E-state index contributed by atoms with van der Waals surface area (Å²) < 4.78 is 7.22. The largest absolute Gasteiger partial charge is 0.465 e. The third-order valence-corrected chi connectivity index (χ3v) is 1.90. The van der Waals surface area contributed by atoms with Gasteiger partial charge in [0.1, 0.15) is 5.76 Å². The van der Waals surface area contributed by atoms with Crippen molar-refractivity contribution in [1.29, 1.82) is 0 Å². The molecule has 0 unspecified atom stereocenters. The molecular weight excluding hydrogens is 266 g/mol. The third-order valence-electron chi connectivity index (χ3n) is 1.43. The predicted octanol–water partition coefficient (Wildman–Crippen LogP) is 2.22. The quantitative estimate of drug-likeness (QED) is 0.580. The Hall–Kier alpha value is -0.710. The molecule has 15 heavy (non-hydrogen) atoms. The topological polar surface area (TPSA) is 56.5 Å². The summed E-state index contributed by atoms with van der Waals surface area (Å²) in [5.41, 5.74) is -0.527. The fraction of sp³-hybridized carbons (Fsp3) is 0.250. The van der Waals surface area contributed by atoms with E-state index >= 15 is 0 Å². The molecule has 0 aliphatic carbocycles. The summed E-state index contributed by atoms with van der Waals surface area (Å²) >= 11 is 15.8. The minimum Gasteiger partial charge on any atom is -0.465 e. The normalized spacial score (nSPS) is 11.2. The maximum atomic E-state index is 11.2. The number of aryl methyl sites for hydroxylation is 1. The predicted molar refractivity (Wildman–Crippen MR) is 55.6 cm³/mol. The summed E-state index contributed by atoms with van der Waals surface area (Å²) in [6.07, 6.45) is 1.17. The van der Waals surface area contributed by atoms with Crippen LogP contribution in [0, 0.1) is 6.92 Å². The molecule has 4 nitrogen and oxygen atoms in total. The summed E-state index contributed by atoms with van der Waals surface area (Å²) in [6.45, 7) is 1.45. The number of esters is 1. The van der Waals surface area contributed by atoms with Gasteiger partial charge in [-0.25, -0.2) is 4.79 Å². The summed E-state index contributed by atoms with van der Waals surface area (Å²) in [7, 11) is 0. The van der Waals surface area contributed by atoms with Crippen LogP contribution in [0.5, 0.6) is 5.75 Å². The van der Waals surface area contributed by atoms with Gasteiger partial charge in [-0.05, 0) is 6.92 Å². The molecule has 0 aliphatic heterocycles. The van der Waals surface area contributed by atoms with E-state index in [9.17, 15) is 9.59 Å². The zero-order chi connectivity index (χ0) is 11.6. The van der Waals surface area contributed by atoms with Gasteiger partial charge in [0.2, 0.25) is 11.2 Å². The van der Waals surface area contributed by atoms with Crippen molar-refractivity contribution < 1.29 is 13.9 Å². The highest BCUT2D eigenvalue weighted by molar-refractivity contribution is 6.75.